The fraction of sp³-hybridized carbons (Fsp3) is 0.606. The number of rotatable bonds is 6. The van der Waals surface area contributed by atoms with Crippen molar-refractivity contribution in [2.45, 2.75) is 88.5 Å². The Morgan fingerprint density at radius 3 is 2.46 bits per heavy atom. The normalized spacial score (nSPS) is 31.2. The first-order valence-electron chi connectivity index (χ1n) is 15.0. The van der Waals surface area contributed by atoms with Crippen molar-refractivity contribution in [3.8, 4) is 0 Å². The van der Waals surface area contributed by atoms with Gasteiger partial charge in [0.05, 0.1) is 5.57 Å². The number of Topliss-reactive ketones (excluding diaryl/α,β-unsaturated/α-hetero) is 1. The van der Waals surface area contributed by atoms with Crippen LogP contribution in [0, 0.1) is 30.6 Å². The predicted molar refractivity (Wildman–Crippen MR) is 146 cm³/mol. The molecule has 0 aromatic heterocycles. The Morgan fingerprint density at radius 2 is 1.76 bits per heavy atom. The number of halogens is 6. The molecule has 1 heterocycles. The molecule has 0 bridgehead atoms. The lowest BCUT2D eigenvalue weighted by atomic mass is 9.74. The van der Waals surface area contributed by atoms with E-state index in [1.54, 1.807) is 0 Å². The van der Waals surface area contributed by atoms with Crippen LogP contribution in [0.2, 0.25) is 0 Å². The molecular weight excluding hydrogens is 540 g/mol. The Hall–Kier alpha value is -2.35. The number of hydrogen-bond acceptors (Lipinski definition) is 2. The first-order chi connectivity index (χ1) is 19.3. The van der Waals surface area contributed by atoms with Crippen LogP contribution < -0.4 is 0 Å². The van der Waals surface area contributed by atoms with Crippen molar-refractivity contribution in [1.82, 2.24) is 4.90 Å². The molecule has 1 aliphatic heterocycles. The number of ketones is 1. The molecule has 3 fully saturated rings. The van der Waals surface area contributed by atoms with E-state index in [9.17, 15) is 31.1 Å². The third-order valence-corrected chi connectivity index (χ3v) is 10.5. The molecule has 6 rings (SSSR count). The number of carbonyl (C=O) groups is 1. The molecule has 5 aliphatic rings. The van der Waals surface area contributed by atoms with Crippen LogP contribution in [0.15, 0.2) is 47.6 Å². The van der Waals surface area contributed by atoms with Gasteiger partial charge in [0.15, 0.2) is 0 Å². The molecule has 1 saturated heterocycles. The second-order valence-electron chi connectivity index (χ2n) is 13.1. The Bertz CT molecular complexity index is 1280. The van der Waals surface area contributed by atoms with Gasteiger partial charge >= 0.3 is 12.4 Å². The molecule has 41 heavy (non-hydrogen) atoms. The van der Waals surface area contributed by atoms with Gasteiger partial charge in [0.2, 0.25) is 0 Å². The molecule has 0 N–H and O–H groups in total. The molecule has 2 nitrogen and oxygen atoms in total. The molecule has 2 saturated carbocycles. The minimum absolute atomic E-state index is 0.0205. The van der Waals surface area contributed by atoms with Crippen LogP contribution in [0.1, 0.15) is 74.5 Å². The number of hydrogen-bond donors (Lipinski definition) is 0. The maximum Gasteiger partial charge on any atom is 0.416 e. The monoisotopic (exact) mass is 577 g/mol. The lowest BCUT2D eigenvalue weighted by Crippen LogP contribution is -2.45. The number of alkyl halides is 6. The number of nitrogens with zero attached hydrogens (tertiary/aromatic N) is 1. The SMILES string of the molecule is Cc1ccc2c(c1)C=CC21CCN(C2CCC(C(=O)C3CC3CCC3C=C(C(F)(F)F)C=C(C(F)(F)F)C3)C2)CC1. The molecule has 5 atom stereocenters. The quantitative estimate of drug-likeness (QED) is 0.316. The van der Waals surface area contributed by atoms with E-state index in [-0.39, 0.29) is 41.4 Å². The predicted octanol–water partition coefficient (Wildman–Crippen LogP) is 8.51. The van der Waals surface area contributed by atoms with Gasteiger partial charge in [0.25, 0.3) is 0 Å². The van der Waals surface area contributed by atoms with Gasteiger partial charge in [0, 0.05) is 28.9 Å². The summed E-state index contributed by atoms with van der Waals surface area (Å²) in [5.74, 6) is -0.530. The summed E-state index contributed by atoms with van der Waals surface area (Å²) in [6.07, 6.45) is 2.16. The largest absolute Gasteiger partial charge is 0.416 e. The van der Waals surface area contributed by atoms with Gasteiger partial charge in [0.1, 0.15) is 5.78 Å². The average Bonchev–Trinajstić information content (AvgIpc) is 3.38. The Kier molecular flexibility index (Phi) is 7.31. The number of likely N-dealkylation sites (tertiary alicyclic amines) is 1. The summed E-state index contributed by atoms with van der Waals surface area (Å²) in [6.45, 7) is 4.14. The topological polar surface area (TPSA) is 20.3 Å². The maximum absolute atomic E-state index is 13.3. The van der Waals surface area contributed by atoms with Crippen LogP contribution in [-0.2, 0) is 10.2 Å². The first-order valence-corrected chi connectivity index (χ1v) is 15.0. The van der Waals surface area contributed by atoms with Crippen molar-refractivity contribution in [2.24, 2.45) is 23.7 Å². The van der Waals surface area contributed by atoms with E-state index in [2.05, 4.69) is 42.2 Å². The zero-order valence-corrected chi connectivity index (χ0v) is 23.3. The van der Waals surface area contributed by atoms with Crippen LogP contribution in [0.25, 0.3) is 6.08 Å². The van der Waals surface area contributed by atoms with Crippen LogP contribution in [0.3, 0.4) is 0 Å². The van der Waals surface area contributed by atoms with Crippen LogP contribution in [0.4, 0.5) is 26.3 Å². The lowest BCUT2D eigenvalue weighted by Gasteiger charge is -2.42. The fourth-order valence-corrected chi connectivity index (χ4v) is 7.98. The average molecular weight is 578 g/mol. The third kappa shape index (κ3) is 5.82. The number of aryl methyl sites for hydroxylation is 1. The van der Waals surface area contributed by atoms with Crippen LogP contribution >= 0.6 is 0 Å². The van der Waals surface area contributed by atoms with E-state index in [0.717, 1.165) is 51.3 Å². The van der Waals surface area contributed by atoms with Gasteiger partial charge in [-0.2, -0.15) is 26.3 Å². The number of allylic oxidation sites excluding steroid dienone is 5. The molecular formula is C33H37F6NO. The van der Waals surface area contributed by atoms with Crippen molar-refractivity contribution in [3.05, 3.63) is 64.3 Å². The van der Waals surface area contributed by atoms with Gasteiger partial charge in [-0.15, -0.1) is 0 Å². The van der Waals surface area contributed by atoms with Crippen molar-refractivity contribution in [1.29, 1.82) is 0 Å². The van der Waals surface area contributed by atoms with E-state index in [1.165, 1.54) is 16.7 Å². The zero-order valence-electron chi connectivity index (χ0n) is 23.3. The summed E-state index contributed by atoms with van der Waals surface area (Å²) in [7, 11) is 0. The van der Waals surface area contributed by atoms with E-state index < -0.39 is 35.8 Å². The molecule has 0 amide bonds. The molecule has 0 radical (unpaired) electrons. The molecule has 1 spiro atoms. The summed E-state index contributed by atoms with van der Waals surface area (Å²) in [5.41, 5.74) is 1.83. The van der Waals surface area contributed by atoms with Gasteiger partial charge in [-0.3, -0.25) is 4.79 Å². The highest BCUT2D eigenvalue weighted by Gasteiger charge is 2.48. The highest BCUT2D eigenvalue weighted by atomic mass is 19.4. The summed E-state index contributed by atoms with van der Waals surface area (Å²) in [6, 6.07) is 7.14. The third-order valence-electron chi connectivity index (χ3n) is 10.5. The number of carbonyl (C=O) groups excluding carboxylic acids is 1. The highest BCUT2D eigenvalue weighted by Crippen LogP contribution is 2.50. The number of fused-ring (bicyclic) bond motifs is 2. The van der Waals surface area contributed by atoms with E-state index in [1.807, 2.05) is 0 Å². The van der Waals surface area contributed by atoms with Crippen molar-refractivity contribution in [2.75, 3.05) is 13.1 Å². The highest BCUT2D eigenvalue weighted by molar-refractivity contribution is 5.86. The Labute approximate surface area is 237 Å². The standard InChI is InChI=1S/C33H37F6NO/c1-20-2-7-29-23(14-20)8-9-31(29)10-12-40(13-11-31)27-6-5-24(17-27)30(41)28-18-22(28)4-3-21-15-25(32(34,35)36)19-26(16-21)33(37,38)39/h2,7-9,14-15,19,21-22,24,27-28H,3-6,10-13,16-18H2,1H3. The van der Waals surface area contributed by atoms with Gasteiger partial charge in [-0.25, -0.2) is 0 Å². The Morgan fingerprint density at radius 1 is 1.00 bits per heavy atom. The van der Waals surface area contributed by atoms with Crippen LogP contribution in [-0.4, -0.2) is 42.2 Å². The molecule has 1 aromatic carbocycles. The number of benzene rings is 1. The van der Waals surface area contributed by atoms with Crippen molar-refractivity contribution < 1.29 is 31.1 Å². The fourth-order valence-electron chi connectivity index (χ4n) is 7.98. The summed E-state index contributed by atoms with van der Waals surface area (Å²) < 4.78 is 79.3. The van der Waals surface area contributed by atoms with E-state index >= 15 is 0 Å². The minimum atomic E-state index is -4.81. The molecule has 222 valence electrons. The summed E-state index contributed by atoms with van der Waals surface area (Å²) in [4.78, 5) is 15.8. The second kappa shape index (κ2) is 10.4. The smallest absolute Gasteiger partial charge is 0.300 e. The zero-order chi connectivity index (χ0) is 29.2. The summed E-state index contributed by atoms with van der Waals surface area (Å²) in [5, 5.41) is 0. The van der Waals surface area contributed by atoms with Crippen LogP contribution in [0.5, 0.6) is 0 Å². The molecule has 1 aromatic rings. The van der Waals surface area contributed by atoms with Gasteiger partial charge in [-0.05, 0) is 107 Å². The molecule has 5 unspecified atom stereocenters. The summed E-state index contributed by atoms with van der Waals surface area (Å²) >= 11 is 0. The van der Waals surface area contributed by atoms with Crippen molar-refractivity contribution in [3.63, 3.8) is 0 Å². The van der Waals surface area contributed by atoms with E-state index in [0.29, 0.717) is 18.9 Å². The Balaban J connectivity index is 0.982. The minimum Gasteiger partial charge on any atom is -0.300 e. The molecule has 4 aliphatic carbocycles. The van der Waals surface area contributed by atoms with E-state index in [4.69, 9.17) is 0 Å². The van der Waals surface area contributed by atoms with Gasteiger partial charge < -0.3 is 4.90 Å². The first kappa shape index (κ1) is 28.8. The van der Waals surface area contributed by atoms with Gasteiger partial charge in [-0.1, -0.05) is 42.0 Å². The lowest BCUT2D eigenvalue weighted by molar-refractivity contribution is -0.124. The molecule has 8 heteroatoms. The maximum atomic E-state index is 13.3. The number of piperidine rings is 1. The second-order valence-corrected chi connectivity index (χ2v) is 13.1. The van der Waals surface area contributed by atoms with Crippen molar-refractivity contribution >= 4 is 11.9 Å².